The Hall–Kier alpha value is -0.290. The zero-order valence-electron chi connectivity index (χ0n) is 10.5. The molecule has 17 heavy (non-hydrogen) atoms. The van der Waals surface area contributed by atoms with Crippen molar-refractivity contribution in [3.05, 3.63) is 0 Å². The lowest BCUT2D eigenvalue weighted by Crippen LogP contribution is -2.64. The predicted molar refractivity (Wildman–Crippen MR) is 60.8 cm³/mol. The Morgan fingerprint density at radius 2 is 2.00 bits per heavy atom. The standard InChI is InChI=1S/C12H21F3N2/c1-3-11(2)7-17(8-12(13,14)15)10(6-16-11)9-4-5-9/h9-10,16H,3-8H2,1-2H3. The molecule has 0 radical (unpaired) electrons. The molecule has 1 saturated carbocycles. The second-order valence-corrected chi connectivity index (χ2v) is 5.72. The van der Waals surface area contributed by atoms with Gasteiger partial charge in [-0.15, -0.1) is 0 Å². The molecule has 1 aliphatic heterocycles. The van der Waals surface area contributed by atoms with Crippen LogP contribution in [-0.2, 0) is 0 Å². The number of piperazine rings is 1. The zero-order valence-corrected chi connectivity index (χ0v) is 10.5. The summed E-state index contributed by atoms with van der Waals surface area (Å²) in [5.74, 6) is 0.478. The smallest absolute Gasteiger partial charge is 0.309 e. The molecule has 1 aliphatic carbocycles. The average molecular weight is 250 g/mol. The normalized spacial score (nSPS) is 36.2. The van der Waals surface area contributed by atoms with E-state index in [-0.39, 0.29) is 11.6 Å². The van der Waals surface area contributed by atoms with Gasteiger partial charge < -0.3 is 5.32 Å². The Bertz CT molecular complexity index is 275. The van der Waals surface area contributed by atoms with Gasteiger partial charge in [-0.1, -0.05) is 6.92 Å². The van der Waals surface area contributed by atoms with E-state index in [0.29, 0.717) is 19.0 Å². The molecular formula is C12H21F3N2. The number of rotatable bonds is 3. The maximum Gasteiger partial charge on any atom is 0.401 e. The van der Waals surface area contributed by atoms with Crippen molar-refractivity contribution in [2.24, 2.45) is 5.92 Å². The van der Waals surface area contributed by atoms with Crippen LogP contribution in [0.15, 0.2) is 0 Å². The molecule has 0 amide bonds. The summed E-state index contributed by atoms with van der Waals surface area (Å²) in [5, 5.41) is 3.42. The third-order valence-electron chi connectivity index (χ3n) is 4.09. The largest absolute Gasteiger partial charge is 0.401 e. The van der Waals surface area contributed by atoms with Crippen molar-refractivity contribution >= 4 is 0 Å². The molecule has 0 aromatic heterocycles. The monoisotopic (exact) mass is 250 g/mol. The van der Waals surface area contributed by atoms with Crippen molar-refractivity contribution in [1.82, 2.24) is 10.2 Å². The second kappa shape index (κ2) is 4.43. The third kappa shape index (κ3) is 3.35. The number of nitrogens with one attached hydrogen (secondary N) is 1. The van der Waals surface area contributed by atoms with Gasteiger partial charge in [0, 0.05) is 24.7 Å². The minimum absolute atomic E-state index is 0.0799. The van der Waals surface area contributed by atoms with Gasteiger partial charge in [0.15, 0.2) is 0 Å². The fourth-order valence-corrected chi connectivity index (χ4v) is 2.69. The molecule has 1 saturated heterocycles. The van der Waals surface area contributed by atoms with Crippen LogP contribution in [0.2, 0.25) is 0 Å². The molecule has 0 aromatic rings. The van der Waals surface area contributed by atoms with E-state index in [1.165, 1.54) is 0 Å². The van der Waals surface area contributed by atoms with E-state index in [9.17, 15) is 13.2 Å². The van der Waals surface area contributed by atoms with Gasteiger partial charge >= 0.3 is 6.18 Å². The van der Waals surface area contributed by atoms with Crippen LogP contribution in [0.3, 0.4) is 0 Å². The summed E-state index contributed by atoms with van der Waals surface area (Å²) in [6.07, 6.45) is -1.05. The summed E-state index contributed by atoms with van der Waals surface area (Å²) >= 11 is 0. The highest BCUT2D eigenvalue weighted by Gasteiger charge is 2.45. The molecular weight excluding hydrogens is 229 g/mol. The average Bonchev–Trinajstić information content (AvgIpc) is 2.99. The lowest BCUT2D eigenvalue weighted by molar-refractivity contribution is -0.157. The van der Waals surface area contributed by atoms with E-state index in [2.05, 4.69) is 5.32 Å². The fourth-order valence-electron chi connectivity index (χ4n) is 2.69. The van der Waals surface area contributed by atoms with Crippen molar-refractivity contribution in [3.63, 3.8) is 0 Å². The van der Waals surface area contributed by atoms with Crippen molar-refractivity contribution in [3.8, 4) is 0 Å². The fraction of sp³-hybridized carbons (Fsp3) is 1.00. The highest BCUT2D eigenvalue weighted by molar-refractivity contribution is 5.00. The minimum Gasteiger partial charge on any atom is -0.309 e. The summed E-state index contributed by atoms with van der Waals surface area (Å²) in [7, 11) is 0. The van der Waals surface area contributed by atoms with E-state index >= 15 is 0 Å². The van der Waals surface area contributed by atoms with Crippen LogP contribution in [0.1, 0.15) is 33.1 Å². The van der Waals surface area contributed by atoms with Gasteiger partial charge in [0.1, 0.15) is 0 Å². The van der Waals surface area contributed by atoms with Crippen LogP contribution >= 0.6 is 0 Å². The van der Waals surface area contributed by atoms with Gasteiger partial charge in [-0.3, -0.25) is 4.90 Å². The minimum atomic E-state index is -4.08. The lowest BCUT2D eigenvalue weighted by Gasteiger charge is -2.46. The van der Waals surface area contributed by atoms with E-state index in [1.807, 2.05) is 13.8 Å². The van der Waals surface area contributed by atoms with Crippen LogP contribution in [0.25, 0.3) is 0 Å². The highest BCUT2D eigenvalue weighted by atomic mass is 19.4. The Morgan fingerprint density at radius 1 is 1.35 bits per heavy atom. The van der Waals surface area contributed by atoms with Crippen LogP contribution in [0.5, 0.6) is 0 Å². The molecule has 2 nitrogen and oxygen atoms in total. The number of nitrogens with zero attached hydrogens (tertiary/aromatic N) is 1. The highest BCUT2D eigenvalue weighted by Crippen LogP contribution is 2.38. The first kappa shape index (κ1) is 13.1. The molecule has 2 atom stereocenters. The molecule has 1 N–H and O–H groups in total. The van der Waals surface area contributed by atoms with Crippen LogP contribution in [0, 0.1) is 5.92 Å². The van der Waals surface area contributed by atoms with Gasteiger partial charge in [-0.25, -0.2) is 0 Å². The van der Waals surface area contributed by atoms with Gasteiger partial charge in [0.05, 0.1) is 6.54 Å². The summed E-state index contributed by atoms with van der Waals surface area (Å²) in [4.78, 5) is 1.65. The van der Waals surface area contributed by atoms with Crippen LogP contribution in [0.4, 0.5) is 13.2 Å². The van der Waals surface area contributed by atoms with E-state index < -0.39 is 12.7 Å². The predicted octanol–water partition coefficient (Wildman–Crippen LogP) is 2.40. The van der Waals surface area contributed by atoms with E-state index in [4.69, 9.17) is 0 Å². The first-order valence-electron chi connectivity index (χ1n) is 6.39. The van der Waals surface area contributed by atoms with Crippen molar-refractivity contribution in [1.29, 1.82) is 0 Å². The maximum atomic E-state index is 12.6. The first-order valence-corrected chi connectivity index (χ1v) is 6.39. The molecule has 2 fully saturated rings. The van der Waals surface area contributed by atoms with Gasteiger partial charge in [-0.05, 0) is 32.1 Å². The summed E-state index contributed by atoms with van der Waals surface area (Å²) in [6.45, 7) is 4.48. The quantitative estimate of drug-likeness (QED) is 0.827. The number of hydrogen-bond acceptors (Lipinski definition) is 2. The molecule has 0 spiro atoms. The van der Waals surface area contributed by atoms with E-state index in [0.717, 1.165) is 19.3 Å². The van der Waals surface area contributed by atoms with Crippen molar-refractivity contribution < 1.29 is 13.2 Å². The van der Waals surface area contributed by atoms with Gasteiger partial charge in [-0.2, -0.15) is 13.2 Å². The summed E-state index contributed by atoms with van der Waals surface area (Å²) in [6, 6.07) is 0.0799. The molecule has 100 valence electrons. The number of alkyl halides is 3. The molecule has 2 rings (SSSR count). The van der Waals surface area contributed by atoms with E-state index in [1.54, 1.807) is 4.90 Å². The van der Waals surface area contributed by atoms with Gasteiger partial charge in [0.2, 0.25) is 0 Å². The molecule has 2 unspecified atom stereocenters. The Morgan fingerprint density at radius 3 is 2.47 bits per heavy atom. The van der Waals surface area contributed by atoms with Crippen molar-refractivity contribution in [2.45, 2.75) is 50.9 Å². The number of hydrogen-bond donors (Lipinski definition) is 1. The summed E-state index contributed by atoms with van der Waals surface area (Å²) in [5.41, 5.74) is -0.170. The topological polar surface area (TPSA) is 15.3 Å². The first-order chi connectivity index (χ1) is 7.83. The second-order valence-electron chi connectivity index (χ2n) is 5.72. The maximum absolute atomic E-state index is 12.6. The molecule has 5 heteroatoms. The van der Waals surface area contributed by atoms with Crippen molar-refractivity contribution in [2.75, 3.05) is 19.6 Å². The lowest BCUT2D eigenvalue weighted by atomic mass is 9.92. The summed E-state index contributed by atoms with van der Waals surface area (Å²) < 4.78 is 37.8. The van der Waals surface area contributed by atoms with Gasteiger partial charge in [0.25, 0.3) is 0 Å². The molecule has 2 aliphatic rings. The zero-order chi connectivity index (χ0) is 12.7. The SMILES string of the molecule is CCC1(C)CN(CC(F)(F)F)C(C2CC2)CN1. The Balaban J connectivity index is 2.04. The molecule has 1 heterocycles. The Labute approximate surface area is 101 Å². The number of halogens is 3. The molecule has 0 bridgehead atoms. The third-order valence-corrected chi connectivity index (χ3v) is 4.09. The van der Waals surface area contributed by atoms with Crippen LogP contribution < -0.4 is 5.32 Å². The molecule has 0 aromatic carbocycles. The van der Waals surface area contributed by atoms with Crippen LogP contribution in [-0.4, -0.2) is 42.3 Å². The Kier molecular flexibility index (Phi) is 3.42.